The van der Waals surface area contributed by atoms with Gasteiger partial charge in [-0.1, -0.05) is 5.16 Å². The van der Waals surface area contributed by atoms with Crippen molar-refractivity contribution in [3.8, 4) is 0 Å². The first-order valence-corrected chi connectivity index (χ1v) is 5.43. The van der Waals surface area contributed by atoms with Crippen LogP contribution in [0.1, 0.15) is 41.0 Å². The van der Waals surface area contributed by atoms with E-state index < -0.39 is 23.9 Å². The molecule has 7 nitrogen and oxygen atoms in total. The van der Waals surface area contributed by atoms with Crippen LogP contribution < -0.4 is 0 Å². The average molecular weight is 258 g/mol. The number of carbonyl (C=O) groups is 3. The minimum absolute atomic E-state index is 0.320. The maximum Gasteiger partial charge on any atom is 0.331 e. The number of hydrogen-bond acceptors (Lipinski definition) is 6. The first-order chi connectivity index (χ1) is 8.23. The van der Waals surface area contributed by atoms with Crippen LogP contribution in [0.15, 0.2) is 5.16 Å². The molecule has 0 rings (SSSR count). The summed E-state index contributed by atoms with van der Waals surface area (Å²) in [5, 5.41) is 4.54. The van der Waals surface area contributed by atoms with Gasteiger partial charge in [0.25, 0.3) is 5.91 Å². The van der Waals surface area contributed by atoms with Crippen LogP contribution in [0.25, 0.3) is 0 Å². The van der Waals surface area contributed by atoms with Crippen molar-refractivity contribution in [3.05, 3.63) is 0 Å². The van der Waals surface area contributed by atoms with Crippen LogP contribution in [0.3, 0.4) is 0 Å². The lowest BCUT2D eigenvalue weighted by Gasteiger charge is -2.25. The Morgan fingerprint density at radius 1 is 1.11 bits per heavy atom. The summed E-state index contributed by atoms with van der Waals surface area (Å²) in [4.78, 5) is 41.9. The van der Waals surface area contributed by atoms with Gasteiger partial charge in [-0.05, 0) is 13.8 Å². The molecule has 0 aromatic rings. The largest absolute Gasteiger partial charge is 0.338 e. The third-order valence-electron chi connectivity index (χ3n) is 1.86. The topological polar surface area (TPSA) is 85.3 Å². The smallest absolute Gasteiger partial charge is 0.331 e. The van der Waals surface area contributed by atoms with E-state index in [2.05, 4.69) is 9.99 Å². The second kappa shape index (κ2) is 7.41. The van der Waals surface area contributed by atoms with E-state index in [0.29, 0.717) is 12.1 Å². The molecule has 0 spiro atoms. The van der Waals surface area contributed by atoms with Gasteiger partial charge in [-0.3, -0.25) is 9.59 Å². The van der Waals surface area contributed by atoms with E-state index in [1.165, 1.54) is 20.8 Å². The molecule has 0 aromatic carbocycles. The number of rotatable bonds is 4. The van der Waals surface area contributed by atoms with Gasteiger partial charge in [0.1, 0.15) is 0 Å². The second-order valence-corrected chi connectivity index (χ2v) is 3.89. The molecule has 0 heterocycles. The van der Waals surface area contributed by atoms with Crippen molar-refractivity contribution >= 4 is 23.6 Å². The van der Waals surface area contributed by atoms with Gasteiger partial charge in [-0.25, -0.2) is 4.79 Å². The van der Waals surface area contributed by atoms with Crippen molar-refractivity contribution in [1.29, 1.82) is 0 Å². The van der Waals surface area contributed by atoms with E-state index in [9.17, 15) is 14.4 Å². The molecule has 1 atom stereocenters. The van der Waals surface area contributed by atoms with Gasteiger partial charge in [0.05, 0.1) is 11.8 Å². The Morgan fingerprint density at radius 2 is 1.67 bits per heavy atom. The maximum atomic E-state index is 11.3. The number of carbonyl (C=O) groups excluding carboxylic acids is 3. The Balaban J connectivity index is 4.55. The maximum absolute atomic E-state index is 11.3. The first-order valence-electron chi connectivity index (χ1n) is 5.43. The van der Waals surface area contributed by atoms with Gasteiger partial charge in [0.15, 0.2) is 0 Å². The molecule has 0 saturated carbocycles. The van der Waals surface area contributed by atoms with Crippen molar-refractivity contribution in [2.75, 3.05) is 0 Å². The molecular weight excluding hydrogens is 240 g/mol. The van der Waals surface area contributed by atoms with Gasteiger partial charge < -0.3 is 9.68 Å². The van der Waals surface area contributed by atoms with E-state index in [-0.39, 0.29) is 0 Å². The molecule has 102 valence electrons. The minimum atomic E-state index is -0.577. The summed E-state index contributed by atoms with van der Waals surface area (Å²) in [6.07, 6.45) is 0.320. The summed E-state index contributed by atoms with van der Waals surface area (Å²) in [6, 6.07) is -0.397. The van der Waals surface area contributed by atoms with Gasteiger partial charge >= 0.3 is 11.9 Å². The highest BCUT2D eigenvalue weighted by molar-refractivity contribution is 5.83. The Labute approximate surface area is 106 Å². The number of nitrogens with zero attached hydrogens (tertiary/aromatic N) is 2. The monoisotopic (exact) mass is 258 g/mol. The first kappa shape index (κ1) is 16.1. The average Bonchev–Trinajstić information content (AvgIpc) is 2.22. The Kier molecular flexibility index (Phi) is 6.62. The zero-order valence-corrected chi connectivity index (χ0v) is 11.2. The Hall–Kier alpha value is -1.92. The summed E-state index contributed by atoms with van der Waals surface area (Å²) in [7, 11) is 0. The second-order valence-electron chi connectivity index (χ2n) is 3.89. The van der Waals surface area contributed by atoms with E-state index in [1.807, 2.05) is 0 Å². The van der Waals surface area contributed by atoms with Gasteiger partial charge in [0.2, 0.25) is 0 Å². The van der Waals surface area contributed by atoms with Crippen molar-refractivity contribution in [2.45, 2.75) is 47.1 Å². The lowest BCUT2D eigenvalue weighted by Crippen LogP contribution is -2.39. The van der Waals surface area contributed by atoms with Crippen LogP contribution >= 0.6 is 0 Å². The highest BCUT2D eigenvalue weighted by atomic mass is 16.7. The third kappa shape index (κ3) is 6.62. The standard InChI is InChI=1S/C11H18N2O5/c1-7(12-17-10(4)15)6-8(2)13(9(3)14)18-11(5)16/h8H,6H2,1-5H3. The lowest BCUT2D eigenvalue weighted by molar-refractivity contribution is -0.202. The molecule has 0 radical (unpaired) electrons. The van der Waals surface area contributed by atoms with Crippen LogP contribution in [-0.2, 0) is 24.1 Å². The zero-order valence-electron chi connectivity index (χ0n) is 11.2. The number of hydroxylamine groups is 2. The van der Waals surface area contributed by atoms with Crippen molar-refractivity contribution in [1.82, 2.24) is 5.06 Å². The molecule has 1 amide bonds. The molecule has 1 unspecified atom stereocenters. The van der Waals surface area contributed by atoms with Gasteiger partial charge in [0, 0.05) is 27.2 Å². The minimum Gasteiger partial charge on any atom is -0.338 e. The van der Waals surface area contributed by atoms with Crippen LogP contribution in [0.4, 0.5) is 0 Å². The third-order valence-corrected chi connectivity index (χ3v) is 1.86. The summed E-state index contributed by atoms with van der Waals surface area (Å²) < 4.78 is 0. The van der Waals surface area contributed by atoms with Crippen molar-refractivity contribution in [3.63, 3.8) is 0 Å². The highest BCUT2D eigenvalue weighted by Crippen LogP contribution is 2.07. The molecule has 0 aliphatic heterocycles. The molecule has 18 heavy (non-hydrogen) atoms. The molecular formula is C11H18N2O5. The molecule has 0 aliphatic rings. The molecule has 0 aliphatic carbocycles. The lowest BCUT2D eigenvalue weighted by atomic mass is 10.1. The molecule has 0 bridgehead atoms. The van der Waals surface area contributed by atoms with E-state index in [0.717, 1.165) is 5.06 Å². The molecule has 7 heteroatoms. The number of amides is 1. The van der Waals surface area contributed by atoms with Crippen LogP contribution in [0.5, 0.6) is 0 Å². The van der Waals surface area contributed by atoms with Crippen LogP contribution in [0, 0.1) is 0 Å². The zero-order chi connectivity index (χ0) is 14.3. The summed E-state index contributed by atoms with van der Waals surface area (Å²) >= 11 is 0. The van der Waals surface area contributed by atoms with E-state index >= 15 is 0 Å². The predicted molar refractivity (Wildman–Crippen MR) is 63.2 cm³/mol. The summed E-state index contributed by atoms with van der Waals surface area (Å²) in [5.41, 5.74) is 0.510. The predicted octanol–water partition coefficient (Wildman–Crippen LogP) is 1.03. The summed E-state index contributed by atoms with van der Waals surface area (Å²) in [6.45, 7) is 7.07. The van der Waals surface area contributed by atoms with Crippen LogP contribution in [0.2, 0.25) is 0 Å². The highest BCUT2D eigenvalue weighted by Gasteiger charge is 2.21. The molecule has 0 fully saturated rings. The van der Waals surface area contributed by atoms with E-state index in [1.54, 1.807) is 13.8 Å². The quantitative estimate of drug-likeness (QED) is 0.427. The van der Waals surface area contributed by atoms with Crippen LogP contribution in [-0.4, -0.2) is 34.7 Å². The molecule has 0 N–H and O–H groups in total. The Morgan fingerprint density at radius 3 is 2.06 bits per heavy atom. The molecule has 0 aromatic heterocycles. The van der Waals surface area contributed by atoms with Gasteiger partial charge in [-0.2, -0.15) is 5.06 Å². The normalized spacial score (nSPS) is 12.6. The summed E-state index contributed by atoms with van der Waals surface area (Å²) in [5.74, 6) is -1.49. The van der Waals surface area contributed by atoms with Crippen molar-refractivity contribution in [2.24, 2.45) is 5.16 Å². The fourth-order valence-corrected chi connectivity index (χ4v) is 1.29. The number of hydrogen-bond donors (Lipinski definition) is 0. The SMILES string of the molecule is CC(=O)ON=C(C)CC(C)N(OC(C)=O)C(C)=O. The van der Waals surface area contributed by atoms with E-state index in [4.69, 9.17) is 4.84 Å². The Bertz CT molecular complexity index is 364. The fraction of sp³-hybridized carbons (Fsp3) is 0.636. The number of oxime groups is 1. The fourth-order valence-electron chi connectivity index (χ4n) is 1.29. The van der Waals surface area contributed by atoms with Gasteiger partial charge in [-0.15, -0.1) is 0 Å². The van der Waals surface area contributed by atoms with Crippen molar-refractivity contribution < 1.29 is 24.1 Å². The molecule has 0 saturated heterocycles.